The first kappa shape index (κ1) is 16.3. The number of carbonyl (C=O) groups is 1. The number of hydrogen-bond donors (Lipinski definition) is 2. The minimum Gasteiger partial charge on any atom is -0.392 e. The van der Waals surface area contributed by atoms with E-state index in [4.69, 9.17) is 0 Å². The molecule has 7 bridgehead atoms. The Hall–Kier alpha value is -0.710. The normalized spacial score (nSPS) is 62.7. The first-order chi connectivity index (χ1) is 12.3. The maximum atomic E-state index is 13.0. The molecule has 4 heteroatoms. The van der Waals surface area contributed by atoms with Crippen LogP contribution in [0.5, 0.6) is 0 Å². The van der Waals surface area contributed by atoms with Gasteiger partial charge in [-0.05, 0) is 61.0 Å². The number of fused-ring (bicyclic) bond motifs is 1. The maximum Gasteiger partial charge on any atom is 0.140 e. The molecular formula is C22H31NO3. The van der Waals surface area contributed by atoms with Crippen LogP contribution >= 0.6 is 0 Å². The zero-order chi connectivity index (χ0) is 18.2. The lowest BCUT2D eigenvalue weighted by atomic mass is 9.43. The summed E-state index contributed by atoms with van der Waals surface area (Å²) in [4.78, 5) is 15.6. The summed E-state index contributed by atoms with van der Waals surface area (Å²) < 4.78 is 0. The summed E-state index contributed by atoms with van der Waals surface area (Å²) in [6.07, 6.45) is 3.50. The van der Waals surface area contributed by atoms with Gasteiger partial charge in [0.15, 0.2) is 0 Å². The number of carbonyl (C=O) groups excluding carboxylic acids is 1. The van der Waals surface area contributed by atoms with Crippen molar-refractivity contribution in [2.75, 3.05) is 13.1 Å². The lowest BCUT2D eigenvalue weighted by Gasteiger charge is -2.65. The van der Waals surface area contributed by atoms with Gasteiger partial charge in [0.05, 0.1) is 12.2 Å². The average molecular weight is 357 g/mol. The van der Waals surface area contributed by atoms with Gasteiger partial charge in [0.25, 0.3) is 0 Å². The number of Topliss-reactive ketones (excluding diaryl/α,β-unsaturated/α-hetero) is 1. The molecule has 26 heavy (non-hydrogen) atoms. The molecule has 5 saturated carbocycles. The molecule has 0 unspecified atom stereocenters. The Labute approximate surface area is 155 Å². The lowest BCUT2D eigenvalue weighted by molar-refractivity contribution is -0.211. The molecule has 10 atom stereocenters. The first-order valence-electron chi connectivity index (χ1n) is 10.6. The molecule has 0 amide bonds. The second-order valence-corrected chi connectivity index (χ2v) is 10.7. The summed E-state index contributed by atoms with van der Waals surface area (Å²) in [6.45, 7) is 10.9. The summed E-state index contributed by atoms with van der Waals surface area (Å²) >= 11 is 0. The van der Waals surface area contributed by atoms with Crippen molar-refractivity contribution in [2.45, 2.75) is 64.2 Å². The Balaban J connectivity index is 1.62. The van der Waals surface area contributed by atoms with Crippen molar-refractivity contribution >= 4 is 5.78 Å². The van der Waals surface area contributed by atoms with E-state index in [1.807, 2.05) is 0 Å². The van der Waals surface area contributed by atoms with E-state index >= 15 is 0 Å². The Morgan fingerprint density at radius 1 is 1.31 bits per heavy atom. The van der Waals surface area contributed by atoms with Crippen molar-refractivity contribution < 1.29 is 15.0 Å². The van der Waals surface area contributed by atoms with Crippen molar-refractivity contribution in [1.82, 2.24) is 4.90 Å². The van der Waals surface area contributed by atoms with Crippen LogP contribution in [0.3, 0.4) is 0 Å². The molecule has 1 heterocycles. The van der Waals surface area contributed by atoms with Gasteiger partial charge in [0.1, 0.15) is 5.78 Å². The highest BCUT2D eigenvalue weighted by atomic mass is 16.3. The molecule has 6 fully saturated rings. The maximum absolute atomic E-state index is 13.0. The van der Waals surface area contributed by atoms with Gasteiger partial charge in [-0.15, -0.1) is 0 Å². The van der Waals surface area contributed by atoms with E-state index in [0.717, 1.165) is 44.3 Å². The Bertz CT molecular complexity index is 735. The minimum absolute atomic E-state index is 0.130. The predicted octanol–water partition coefficient (Wildman–Crippen LogP) is 2.00. The van der Waals surface area contributed by atoms with Crippen LogP contribution in [0.4, 0.5) is 0 Å². The van der Waals surface area contributed by atoms with Gasteiger partial charge >= 0.3 is 0 Å². The number of aliphatic hydroxyl groups excluding tert-OH is 2. The molecule has 2 spiro atoms. The highest BCUT2D eigenvalue weighted by molar-refractivity contribution is 5.87. The van der Waals surface area contributed by atoms with Crippen LogP contribution in [0, 0.1) is 39.9 Å². The van der Waals surface area contributed by atoms with E-state index < -0.39 is 6.10 Å². The van der Waals surface area contributed by atoms with E-state index in [0.29, 0.717) is 24.3 Å². The van der Waals surface area contributed by atoms with Crippen molar-refractivity contribution in [3.05, 3.63) is 12.2 Å². The molecule has 0 aromatic carbocycles. The number of ketones is 1. The molecule has 5 aliphatic carbocycles. The van der Waals surface area contributed by atoms with Crippen molar-refractivity contribution in [2.24, 2.45) is 39.9 Å². The minimum atomic E-state index is -0.561. The molecule has 6 rings (SSSR count). The zero-order valence-corrected chi connectivity index (χ0v) is 15.9. The average Bonchev–Trinajstić information content (AvgIpc) is 3.14. The van der Waals surface area contributed by atoms with Crippen LogP contribution in [0.2, 0.25) is 0 Å². The fourth-order valence-corrected chi connectivity index (χ4v) is 9.75. The molecule has 1 saturated heterocycles. The SMILES string of the molecule is C=C1[C@H]2C[C@]3([C@@H]1O)[C@@H](CC2=O)[C@@]12[C@H](O)CC[C@@]4(C)CN(CC)[C@H]1[C@@H]3C[C@@H]42. The molecule has 2 N–H and O–H groups in total. The fourth-order valence-electron chi connectivity index (χ4n) is 9.75. The van der Waals surface area contributed by atoms with E-state index in [2.05, 4.69) is 25.3 Å². The number of rotatable bonds is 1. The van der Waals surface area contributed by atoms with Gasteiger partial charge in [-0.3, -0.25) is 9.69 Å². The van der Waals surface area contributed by atoms with Crippen LogP contribution < -0.4 is 0 Å². The Kier molecular flexibility index (Phi) is 2.80. The van der Waals surface area contributed by atoms with E-state index in [1.165, 1.54) is 0 Å². The van der Waals surface area contributed by atoms with Crippen LogP contribution in [0.15, 0.2) is 12.2 Å². The molecule has 0 aromatic rings. The smallest absolute Gasteiger partial charge is 0.140 e. The third-order valence-electron chi connectivity index (χ3n) is 10.4. The van der Waals surface area contributed by atoms with Gasteiger partial charge in [-0.25, -0.2) is 0 Å². The number of piperidine rings is 1. The molecule has 4 nitrogen and oxygen atoms in total. The molecule has 6 aliphatic rings. The number of nitrogens with zero attached hydrogens (tertiary/aromatic N) is 1. The number of hydrogen-bond acceptors (Lipinski definition) is 4. The highest BCUT2D eigenvalue weighted by Crippen LogP contribution is 2.83. The monoisotopic (exact) mass is 357 g/mol. The first-order valence-corrected chi connectivity index (χ1v) is 10.6. The predicted molar refractivity (Wildman–Crippen MR) is 97.2 cm³/mol. The van der Waals surface area contributed by atoms with Crippen LogP contribution in [0.25, 0.3) is 0 Å². The molecule has 0 radical (unpaired) electrons. The molecule has 142 valence electrons. The summed E-state index contributed by atoms with van der Waals surface area (Å²) in [5.74, 6) is 1.16. The van der Waals surface area contributed by atoms with E-state index in [-0.39, 0.29) is 40.0 Å². The lowest BCUT2D eigenvalue weighted by Crippen LogP contribution is -2.68. The van der Waals surface area contributed by atoms with Gasteiger partial charge in [0, 0.05) is 35.8 Å². The Morgan fingerprint density at radius 2 is 2.08 bits per heavy atom. The number of aliphatic hydroxyl groups is 2. The van der Waals surface area contributed by atoms with Crippen LogP contribution in [-0.2, 0) is 4.79 Å². The fraction of sp³-hybridized carbons (Fsp3) is 0.864. The molecular weight excluding hydrogens is 326 g/mol. The van der Waals surface area contributed by atoms with Gasteiger partial charge in [-0.2, -0.15) is 0 Å². The second-order valence-electron chi connectivity index (χ2n) is 10.7. The third kappa shape index (κ3) is 1.33. The summed E-state index contributed by atoms with van der Waals surface area (Å²) in [5, 5.41) is 22.8. The van der Waals surface area contributed by atoms with Gasteiger partial charge in [0.2, 0.25) is 0 Å². The topological polar surface area (TPSA) is 60.8 Å². The summed E-state index contributed by atoms with van der Waals surface area (Å²) in [5.41, 5.74) is 0.598. The van der Waals surface area contributed by atoms with Gasteiger partial charge < -0.3 is 10.2 Å². The second kappa shape index (κ2) is 4.47. The van der Waals surface area contributed by atoms with Crippen molar-refractivity contribution in [1.29, 1.82) is 0 Å². The zero-order valence-electron chi connectivity index (χ0n) is 15.9. The van der Waals surface area contributed by atoms with Crippen molar-refractivity contribution in [3.8, 4) is 0 Å². The van der Waals surface area contributed by atoms with Gasteiger partial charge in [-0.1, -0.05) is 20.4 Å². The van der Waals surface area contributed by atoms with Crippen LogP contribution in [0.1, 0.15) is 46.0 Å². The highest BCUT2D eigenvalue weighted by Gasteiger charge is 2.85. The quantitative estimate of drug-likeness (QED) is 0.705. The largest absolute Gasteiger partial charge is 0.392 e. The van der Waals surface area contributed by atoms with E-state index in [9.17, 15) is 15.0 Å². The molecule has 1 aliphatic heterocycles. The summed E-state index contributed by atoms with van der Waals surface area (Å²) in [7, 11) is 0. The third-order valence-corrected chi connectivity index (χ3v) is 10.4. The van der Waals surface area contributed by atoms with Crippen LogP contribution in [-0.4, -0.2) is 52.2 Å². The summed E-state index contributed by atoms with van der Waals surface area (Å²) in [6, 6.07) is 0.331. The number of likely N-dealkylation sites (tertiary alicyclic amines) is 1. The Morgan fingerprint density at radius 3 is 2.81 bits per heavy atom. The van der Waals surface area contributed by atoms with E-state index in [1.54, 1.807) is 0 Å². The molecule has 0 aromatic heterocycles. The van der Waals surface area contributed by atoms with Crippen molar-refractivity contribution in [3.63, 3.8) is 0 Å². The standard InChI is InChI=1S/C22H31NO3/c1-4-23-10-20(3)6-5-17(25)22-15(20)7-13(18(22)23)21-9-12(11(2)19(21)26)14(24)8-16(21)22/h12-13,15-19,25-26H,2,4-10H2,1,3H3/t12-,13+,15+,16-,17-,18+,19-,20+,21-,22+/m1/s1.